The van der Waals surface area contributed by atoms with E-state index in [4.69, 9.17) is 9.47 Å². The molecule has 1 unspecified atom stereocenters. The van der Waals surface area contributed by atoms with Crippen LogP contribution in [0.15, 0.2) is 0 Å². The maximum Gasteiger partial charge on any atom is 0.315 e. The molecular formula is C11H19NO4. The highest BCUT2D eigenvalue weighted by atomic mass is 16.5. The minimum atomic E-state index is -0.746. The maximum absolute atomic E-state index is 11.4. The second kappa shape index (κ2) is 4.69. The number of hydrogen-bond donors (Lipinski definition) is 2. The lowest BCUT2D eigenvalue weighted by atomic mass is 9.70. The largest absolute Gasteiger partial charge is 0.481 e. The lowest BCUT2D eigenvalue weighted by Gasteiger charge is -2.47. The van der Waals surface area contributed by atoms with Crippen molar-refractivity contribution in [1.82, 2.24) is 5.32 Å². The molecule has 2 rings (SSSR count). The van der Waals surface area contributed by atoms with Crippen LogP contribution >= 0.6 is 0 Å². The van der Waals surface area contributed by atoms with Gasteiger partial charge in [-0.25, -0.2) is 0 Å². The smallest absolute Gasteiger partial charge is 0.315 e. The van der Waals surface area contributed by atoms with E-state index in [0.717, 1.165) is 26.1 Å². The van der Waals surface area contributed by atoms with Gasteiger partial charge in [0.1, 0.15) is 5.41 Å². The third kappa shape index (κ3) is 1.83. The first-order chi connectivity index (χ1) is 7.70. The Kier molecular flexibility index (Phi) is 3.47. The van der Waals surface area contributed by atoms with Crippen molar-refractivity contribution in [1.29, 1.82) is 0 Å². The van der Waals surface area contributed by atoms with E-state index >= 15 is 0 Å². The van der Waals surface area contributed by atoms with Gasteiger partial charge in [0, 0.05) is 19.3 Å². The standard InChI is InChI=1S/C11H19NO4/c1-12-9(8-2-4-15-5-3-8)11(10(13)14)6-16-7-11/h8-9,12H,2-7H2,1H3,(H,13,14). The van der Waals surface area contributed by atoms with E-state index in [1.165, 1.54) is 0 Å². The molecule has 0 saturated carbocycles. The Morgan fingerprint density at radius 3 is 2.38 bits per heavy atom. The monoisotopic (exact) mass is 229 g/mol. The Labute approximate surface area is 95.1 Å². The molecule has 2 aliphatic rings. The van der Waals surface area contributed by atoms with Crippen molar-refractivity contribution >= 4 is 5.97 Å². The average Bonchev–Trinajstić information content (AvgIpc) is 2.23. The van der Waals surface area contributed by atoms with Crippen LogP contribution in [0, 0.1) is 11.3 Å². The number of carbonyl (C=O) groups is 1. The van der Waals surface area contributed by atoms with Crippen LogP contribution in [-0.4, -0.2) is 50.6 Å². The molecule has 2 saturated heterocycles. The van der Waals surface area contributed by atoms with Crippen LogP contribution < -0.4 is 5.32 Å². The number of aliphatic carboxylic acids is 1. The molecule has 0 aromatic heterocycles. The van der Waals surface area contributed by atoms with E-state index in [-0.39, 0.29) is 6.04 Å². The molecule has 0 spiro atoms. The second-order valence-electron chi connectivity index (χ2n) is 4.67. The van der Waals surface area contributed by atoms with Crippen molar-refractivity contribution in [2.45, 2.75) is 18.9 Å². The SMILES string of the molecule is CNC(C1CCOCC1)C1(C(=O)O)COC1. The highest BCUT2D eigenvalue weighted by Gasteiger charge is 2.54. The molecule has 0 bridgehead atoms. The van der Waals surface area contributed by atoms with Gasteiger partial charge in [0.2, 0.25) is 0 Å². The van der Waals surface area contributed by atoms with Gasteiger partial charge in [-0.15, -0.1) is 0 Å². The van der Waals surface area contributed by atoms with Gasteiger partial charge < -0.3 is 19.9 Å². The number of ether oxygens (including phenoxy) is 2. The van der Waals surface area contributed by atoms with Crippen molar-refractivity contribution in [3.63, 3.8) is 0 Å². The highest BCUT2D eigenvalue weighted by molar-refractivity contribution is 5.77. The Bertz CT molecular complexity index is 259. The van der Waals surface area contributed by atoms with E-state index in [0.29, 0.717) is 19.1 Å². The van der Waals surface area contributed by atoms with E-state index < -0.39 is 11.4 Å². The first-order valence-electron chi connectivity index (χ1n) is 5.77. The lowest BCUT2D eigenvalue weighted by molar-refractivity contribution is -0.191. The molecular weight excluding hydrogens is 210 g/mol. The third-order valence-corrected chi connectivity index (χ3v) is 3.79. The van der Waals surface area contributed by atoms with Crippen molar-refractivity contribution in [2.24, 2.45) is 11.3 Å². The van der Waals surface area contributed by atoms with Crippen molar-refractivity contribution in [3.8, 4) is 0 Å². The van der Waals surface area contributed by atoms with Crippen molar-refractivity contribution in [2.75, 3.05) is 33.5 Å². The number of nitrogens with one attached hydrogen (secondary N) is 1. The van der Waals surface area contributed by atoms with Crippen LogP contribution in [0.25, 0.3) is 0 Å². The molecule has 2 N–H and O–H groups in total. The Morgan fingerprint density at radius 2 is 2.00 bits per heavy atom. The maximum atomic E-state index is 11.4. The van der Waals surface area contributed by atoms with E-state index in [1.807, 2.05) is 7.05 Å². The van der Waals surface area contributed by atoms with Crippen molar-refractivity contribution in [3.05, 3.63) is 0 Å². The summed E-state index contributed by atoms with van der Waals surface area (Å²) in [6, 6.07) is -0.0114. The molecule has 0 aromatic carbocycles. The fourth-order valence-electron chi connectivity index (χ4n) is 2.77. The van der Waals surface area contributed by atoms with Gasteiger partial charge in [-0.1, -0.05) is 0 Å². The molecule has 1 atom stereocenters. The van der Waals surface area contributed by atoms with Gasteiger partial charge in [-0.2, -0.15) is 0 Å². The molecule has 0 radical (unpaired) electrons. The van der Waals surface area contributed by atoms with Gasteiger partial charge in [0.15, 0.2) is 0 Å². The molecule has 0 amide bonds. The average molecular weight is 229 g/mol. The van der Waals surface area contributed by atoms with Crippen molar-refractivity contribution < 1.29 is 19.4 Å². The van der Waals surface area contributed by atoms with Crippen LogP contribution in [0.4, 0.5) is 0 Å². The van der Waals surface area contributed by atoms with Crippen LogP contribution in [0.2, 0.25) is 0 Å². The number of carboxylic acid groups (broad SMARTS) is 1. The summed E-state index contributed by atoms with van der Waals surface area (Å²) >= 11 is 0. The zero-order valence-electron chi connectivity index (χ0n) is 9.57. The number of carboxylic acids is 1. The zero-order valence-corrected chi connectivity index (χ0v) is 9.57. The molecule has 92 valence electrons. The minimum absolute atomic E-state index is 0.0114. The van der Waals surface area contributed by atoms with Gasteiger partial charge in [0.25, 0.3) is 0 Å². The van der Waals surface area contributed by atoms with Gasteiger partial charge in [-0.3, -0.25) is 4.79 Å². The molecule has 0 aliphatic carbocycles. The first-order valence-corrected chi connectivity index (χ1v) is 5.77. The number of hydrogen-bond acceptors (Lipinski definition) is 4. The fraction of sp³-hybridized carbons (Fsp3) is 0.909. The molecule has 2 aliphatic heterocycles. The Hall–Kier alpha value is -0.650. The molecule has 0 aromatic rings. The highest BCUT2D eigenvalue weighted by Crippen LogP contribution is 2.38. The molecule has 5 heteroatoms. The summed E-state index contributed by atoms with van der Waals surface area (Å²) in [5, 5.41) is 12.5. The molecule has 5 nitrogen and oxygen atoms in total. The molecule has 2 fully saturated rings. The predicted molar refractivity (Wildman–Crippen MR) is 57.3 cm³/mol. The van der Waals surface area contributed by atoms with E-state index in [9.17, 15) is 9.90 Å². The summed E-state index contributed by atoms with van der Waals surface area (Å²) < 4.78 is 10.4. The Morgan fingerprint density at radius 1 is 1.38 bits per heavy atom. The topological polar surface area (TPSA) is 67.8 Å². The minimum Gasteiger partial charge on any atom is -0.481 e. The zero-order chi connectivity index (χ0) is 11.6. The Balaban J connectivity index is 2.10. The van der Waals surface area contributed by atoms with E-state index in [1.54, 1.807) is 0 Å². The van der Waals surface area contributed by atoms with Crippen LogP contribution in [0.5, 0.6) is 0 Å². The first kappa shape index (κ1) is 11.8. The lowest BCUT2D eigenvalue weighted by Crippen LogP contribution is -2.63. The summed E-state index contributed by atoms with van der Waals surface area (Å²) in [4.78, 5) is 11.4. The predicted octanol–water partition coefficient (Wildman–Crippen LogP) is 0.102. The molecule has 16 heavy (non-hydrogen) atoms. The van der Waals surface area contributed by atoms with Gasteiger partial charge in [-0.05, 0) is 25.8 Å². The van der Waals surface area contributed by atoms with E-state index in [2.05, 4.69) is 5.32 Å². The summed E-state index contributed by atoms with van der Waals surface area (Å²) in [5.74, 6) is -0.372. The van der Waals surface area contributed by atoms with Crippen LogP contribution in [0.3, 0.4) is 0 Å². The quantitative estimate of drug-likeness (QED) is 0.715. The normalized spacial score (nSPS) is 27.1. The van der Waals surface area contributed by atoms with Crippen LogP contribution in [0.1, 0.15) is 12.8 Å². The van der Waals surface area contributed by atoms with Gasteiger partial charge >= 0.3 is 5.97 Å². The van der Waals surface area contributed by atoms with Crippen LogP contribution in [-0.2, 0) is 14.3 Å². The third-order valence-electron chi connectivity index (χ3n) is 3.79. The molecule has 2 heterocycles. The number of rotatable bonds is 4. The van der Waals surface area contributed by atoms with Gasteiger partial charge in [0.05, 0.1) is 13.2 Å². The summed E-state index contributed by atoms with van der Waals surface area (Å²) in [6.07, 6.45) is 1.86. The second-order valence-corrected chi connectivity index (χ2v) is 4.67. The summed E-state index contributed by atoms with van der Waals surface area (Å²) in [7, 11) is 1.84. The summed E-state index contributed by atoms with van der Waals surface area (Å²) in [5.41, 5.74) is -0.725. The fourth-order valence-corrected chi connectivity index (χ4v) is 2.77. The summed E-state index contributed by atoms with van der Waals surface area (Å²) in [6.45, 7) is 2.12.